The second kappa shape index (κ2) is 8.93. The molecule has 1 aliphatic rings. The van der Waals surface area contributed by atoms with E-state index in [0.717, 1.165) is 6.92 Å². The number of pyridine rings is 2. The summed E-state index contributed by atoms with van der Waals surface area (Å²) in [6, 6.07) is 11.9. The molecule has 33 heavy (non-hydrogen) atoms. The van der Waals surface area contributed by atoms with Crippen LogP contribution in [-0.4, -0.2) is 39.3 Å². The van der Waals surface area contributed by atoms with Crippen LogP contribution >= 0.6 is 0 Å². The van der Waals surface area contributed by atoms with Crippen LogP contribution in [0.3, 0.4) is 0 Å². The molecule has 2 aromatic heterocycles. The molecule has 1 aromatic carbocycles. The summed E-state index contributed by atoms with van der Waals surface area (Å²) in [6.45, 7) is 2.10. The Morgan fingerprint density at radius 3 is 2.64 bits per heavy atom. The van der Waals surface area contributed by atoms with Crippen LogP contribution in [-0.2, 0) is 13.1 Å². The van der Waals surface area contributed by atoms with Gasteiger partial charge in [-0.1, -0.05) is 18.2 Å². The number of nitrogens with zero attached hydrogens (tertiary/aromatic N) is 3. The van der Waals surface area contributed by atoms with Crippen molar-refractivity contribution in [3.8, 4) is 11.6 Å². The zero-order valence-electron chi connectivity index (χ0n) is 18.0. The standard InChI is InChI=1S/C24H21F2N3O4/c1-15-10-16(11-28-21(15)32-14-24(2,25)26)12-29-13-19-18(22(29)30)8-9-27-20(19)23(31)33-17-6-4-3-5-7-17/h3-11H,12-14H2,1-2H3. The number of carbonyl (C=O) groups excluding carboxylic acids is 2. The molecule has 7 nitrogen and oxygen atoms in total. The highest BCUT2D eigenvalue weighted by atomic mass is 19.3. The Morgan fingerprint density at radius 2 is 1.94 bits per heavy atom. The minimum absolute atomic E-state index is 0.0887. The van der Waals surface area contributed by atoms with Crippen molar-refractivity contribution in [2.45, 2.75) is 32.9 Å². The summed E-state index contributed by atoms with van der Waals surface area (Å²) in [4.78, 5) is 35.4. The second-order valence-corrected chi connectivity index (χ2v) is 7.87. The molecule has 0 saturated carbocycles. The number of fused-ring (bicyclic) bond motifs is 1. The van der Waals surface area contributed by atoms with Crippen LogP contribution < -0.4 is 9.47 Å². The van der Waals surface area contributed by atoms with E-state index in [1.807, 2.05) is 0 Å². The smallest absolute Gasteiger partial charge is 0.362 e. The van der Waals surface area contributed by atoms with Gasteiger partial charge in [0, 0.05) is 49.1 Å². The second-order valence-electron chi connectivity index (χ2n) is 7.87. The number of aromatic nitrogens is 2. The fourth-order valence-electron chi connectivity index (χ4n) is 3.51. The first-order valence-electron chi connectivity index (χ1n) is 10.2. The van der Waals surface area contributed by atoms with Crippen molar-refractivity contribution in [3.05, 3.63) is 82.8 Å². The van der Waals surface area contributed by atoms with Crippen molar-refractivity contribution in [3.63, 3.8) is 0 Å². The molecule has 0 fully saturated rings. The molecule has 0 saturated heterocycles. The number of amides is 1. The van der Waals surface area contributed by atoms with E-state index in [2.05, 4.69) is 9.97 Å². The SMILES string of the molecule is Cc1cc(CN2Cc3c(ccnc3C(=O)Oc3ccccc3)C2=O)cnc1OCC(C)(F)F. The Bertz CT molecular complexity index is 1200. The molecular formula is C24H21F2N3O4. The number of benzene rings is 1. The van der Waals surface area contributed by atoms with Crippen molar-refractivity contribution in [1.29, 1.82) is 0 Å². The summed E-state index contributed by atoms with van der Waals surface area (Å²) in [5.41, 5.74) is 2.25. The minimum Gasteiger partial charge on any atom is -0.471 e. The number of carbonyl (C=O) groups is 2. The quantitative estimate of drug-likeness (QED) is 0.394. The largest absolute Gasteiger partial charge is 0.471 e. The summed E-state index contributed by atoms with van der Waals surface area (Å²) in [7, 11) is 0. The van der Waals surface area contributed by atoms with Crippen LogP contribution in [0, 0.1) is 6.92 Å². The molecule has 4 rings (SSSR count). The predicted octanol–water partition coefficient (Wildman–Crippen LogP) is 4.19. The normalized spacial score (nSPS) is 13.1. The Hall–Kier alpha value is -3.88. The summed E-state index contributed by atoms with van der Waals surface area (Å²) in [5.74, 6) is -3.35. The molecular weight excluding hydrogens is 432 g/mol. The summed E-state index contributed by atoms with van der Waals surface area (Å²) < 4.78 is 36.5. The van der Waals surface area contributed by atoms with Crippen LogP contribution in [0.25, 0.3) is 0 Å². The number of esters is 1. The van der Waals surface area contributed by atoms with Gasteiger partial charge in [0.1, 0.15) is 5.75 Å². The zero-order valence-corrected chi connectivity index (χ0v) is 18.0. The Balaban J connectivity index is 1.48. The van der Waals surface area contributed by atoms with Crippen molar-refractivity contribution in [2.75, 3.05) is 6.61 Å². The van der Waals surface area contributed by atoms with Crippen molar-refractivity contribution >= 4 is 11.9 Å². The van der Waals surface area contributed by atoms with E-state index in [1.165, 1.54) is 12.4 Å². The molecule has 0 N–H and O–H groups in total. The third kappa shape index (κ3) is 5.14. The zero-order chi connectivity index (χ0) is 23.6. The third-order valence-electron chi connectivity index (χ3n) is 4.99. The average Bonchev–Trinajstić information content (AvgIpc) is 3.08. The van der Waals surface area contributed by atoms with E-state index in [-0.39, 0.29) is 30.6 Å². The molecule has 0 aliphatic carbocycles. The first kappa shape index (κ1) is 22.3. The third-order valence-corrected chi connectivity index (χ3v) is 4.99. The molecule has 0 atom stereocenters. The highest BCUT2D eigenvalue weighted by molar-refractivity contribution is 6.02. The number of halogens is 2. The van der Waals surface area contributed by atoms with Crippen molar-refractivity contribution in [2.24, 2.45) is 0 Å². The number of rotatable bonds is 7. The van der Waals surface area contributed by atoms with Gasteiger partial charge in [-0.3, -0.25) is 4.79 Å². The number of aryl methyl sites for hydroxylation is 1. The molecule has 1 amide bonds. The predicted molar refractivity (Wildman–Crippen MR) is 114 cm³/mol. The minimum atomic E-state index is -2.96. The Labute approximate surface area is 189 Å². The van der Waals surface area contributed by atoms with Gasteiger partial charge in [-0.15, -0.1) is 0 Å². The van der Waals surface area contributed by atoms with E-state index in [9.17, 15) is 18.4 Å². The van der Waals surface area contributed by atoms with Crippen LogP contribution in [0.2, 0.25) is 0 Å². The fourth-order valence-corrected chi connectivity index (χ4v) is 3.51. The topological polar surface area (TPSA) is 81.6 Å². The molecule has 1 aliphatic heterocycles. The summed E-state index contributed by atoms with van der Waals surface area (Å²) in [5, 5.41) is 0. The fraction of sp³-hybridized carbons (Fsp3) is 0.250. The van der Waals surface area contributed by atoms with Gasteiger partial charge in [-0.2, -0.15) is 0 Å². The van der Waals surface area contributed by atoms with Crippen LogP contribution in [0.5, 0.6) is 11.6 Å². The maximum absolute atomic E-state index is 13.0. The maximum atomic E-state index is 13.0. The summed E-state index contributed by atoms with van der Waals surface area (Å²) >= 11 is 0. The lowest BCUT2D eigenvalue weighted by atomic mass is 10.1. The number of hydrogen-bond donors (Lipinski definition) is 0. The molecule has 0 spiro atoms. The lowest BCUT2D eigenvalue weighted by molar-refractivity contribution is -0.0244. The molecule has 0 radical (unpaired) electrons. The van der Waals surface area contributed by atoms with Crippen LogP contribution in [0.1, 0.15) is 44.5 Å². The van der Waals surface area contributed by atoms with E-state index < -0.39 is 18.5 Å². The van der Waals surface area contributed by atoms with Gasteiger partial charge in [0.05, 0.1) is 0 Å². The van der Waals surface area contributed by atoms with E-state index in [4.69, 9.17) is 9.47 Å². The molecule has 170 valence electrons. The highest BCUT2D eigenvalue weighted by Crippen LogP contribution is 2.28. The first-order chi connectivity index (χ1) is 15.7. The number of alkyl halides is 2. The van der Waals surface area contributed by atoms with Gasteiger partial charge in [0.15, 0.2) is 12.3 Å². The van der Waals surface area contributed by atoms with Crippen LogP contribution in [0.4, 0.5) is 8.78 Å². The Kier molecular flexibility index (Phi) is 6.04. The van der Waals surface area contributed by atoms with E-state index in [0.29, 0.717) is 28.0 Å². The van der Waals surface area contributed by atoms with Crippen LogP contribution in [0.15, 0.2) is 54.9 Å². The van der Waals surface area contributed by atoms with Crippen molar-refractivity contribution in [1.82, 2.24) is 14.9 Å². The number of para-hydroxylation sites is 1. The molecule has 3 heterocycles. The number of ether oxygens (including phenoxy) is 2. The molecule has 0 bridgehead atoms. The van der Waals surface area contributed by atoms with Gasteiger partial charge < -0.3 is 14.4 Å². The monoisotopic (exact) mass is 453 g/mol. The van der Waals surface area contributed by atoms with Crippen molar-refractivity contribution < 1.29 is 27.8 Å². The van der Waals surface area contributed by atoms with E-state index in [1.54, 1.807) is 54.3 Å². The van der Waals surface area contributed by atoms with Gasteiger partial charge >= 0.3 is 5.97 Å². The van der Waals surface area contributed by atoms with Gasteiger partial charge in [-0.05, 0) is 36.8 Å². The van der Waals surface area contributed by atoms with E-state index >= 15 is 0 Å². The first-order valence-corrected chi connectivity index (χ1v) is 10.2. The van der Waals surface area contributed by atoms with Gasteiger partial charge in [0.25, 0.3) is 11.8 Å². The maximum Gasteiger partial charge on any atom is 0.362 e. The van der Waals surface area contributed by atoms with Gasteiger partial charge in [0.2, 0.25) is 5.88 Å². The highest BCUT2D eigenvalue weighted by Gasteiger charge is 2.32. The summed E-state index contributed by atoms with van der Waals surface area (Å²) in [6.07, 6.45) is 2.89. The number of hydrogen-bond acceptors (Lipinski definition) is 6. The lowest BCUT2D eigenvalue weighted by Crippen LogP contribution is -2.24. The molecule has 0 unspecified atom stereocenters. The molecule has 9 heteroatoms. The average molecular weight is 453 g/mol. The molecule has 3 aromatic rings. The lowest BCUT2D eigenvalue weighted by Gasteiger charge is -2.17. The van der Waals surface area contributed by atoms with Gasteiger partial charge in [-0.25, -0.2) is 23.5 Å². The Morgan fingerprint density at radius 1 is 1.18 bits per heavy atom.